The summed E-state index contributed by atoms with van der Waals surface area (Å²) in [6, 6.07) is 18.2. The smallest absolute Gasteiger partial charge is 0.275 e. The lowest BCUT2D eigenvalue weighted by Crippen LogP contribution is -2.17. The van der Waals surface area contributed by atoms with Crippen LogP contribution in [-0.4, -0.2) is 14.6 Å². The zero-order valence-corrected chi connectivity index (χ0v) is 16.1. The monoisotopic (exact) mass is 376 g/mol. The van der Waals surface area contributed by atoms with E-state index >= 15 is 0 Å². The predicted octanol–water partition coefficient (Wildman–Crippen LogP) is 4.30. The van der Waals surface area contributed by atoms with E-state index in [4.69, 9.17) is 0 Å². The SMILES string of the molecule is CCc1nn2c(=O)cc(CNc3ccc(-c4ccccc4)cc3C)nc2s1. The van der Waals surface area contributed by atoms with Crippen molar-refractivity contribution in [2.45, 2.75) is 26.8 Å². The molecule has 27 heavy (non-hydrogen) atoms. The first-order valence-electron chi connectivity index (χ1n) is 8.92. The molecule has 0 bridgehead atoms. The Bertz CT molecular complexity index is 1150. The van der Waals surface area contributed by atoms with Crippen LogP contribution in [0.4, 0.5) is 5.69 Å². The van der Waals surface area contributed by atoms with Gasteiger partial charge in [0.2, 0.25) is 4.96 Å². The Labute approximate surface area is 161 Å². The van der Waals surface area contributed by atoms with E-state index < -0.39 is 0 Å². The maximum absolute atomic E-state index is 12.2. The van der Waals surface area contributed by atoms with Crippen LogP contribution < -0.4 is 10.9 Å². The Balaban J connectivity index is 1.55. The Morgan fingerprint density at radius 3 is 2.63 bits per heavy atom. The van der Waals surface area contributed by atoms with E-state index in [2.05, 4.69) is 52.7 Å². The summed E-state index contributed by atoms with van der Waals surface area (Å²) in [7, 11) is 0. The summed E-state index contributed by atoms with van der Waals surface area (Å²) in [6.45, 7) is 4.60. The van der Waals surface area contributed by atoms with Crippen LogP contribution in [0.15, 0.2) is 59.4 Å². The van der Waals surface area contributed by atoms with Gasteiger partial charge in [-0.15, -0.1) is 0 Å². The maximum atomic E-state index is 12.2. The molecular weight excluding hydrogens is 356 g/mol. The van der Waals surface area contributed by atoms with Crippen molar-refractivity contribution in [3.05, 3.63) is 81.2 Å². The molecule has 0 atom stereocenters. The molecule has 2 heterocycles. The van der Waals surface area contributed by atoms with E-state index in [0.29, 0.717) is 11.5 Å². The summed E-state index contributed by atoms with van der Waals surface area (Å²) in [4.78, 5) is 17.5. The molecule has 0 radical (unpaired) electrons. The summed E-state index contributed by atoms with van der Waals surface area (Å²) < 4.78 is 1.38. The van der Waals surface area contributed by atoms with Gasteiger partial charge < -0.3 is 5.32 Å². The second-order valence-electron chi connectivity index (χ2n) is 6.38. The van der Waals surface area contributed by atoms with Crippen molar-refractivity contribution in [1.82, 2.24) is 14.6 Å². The molecule has 0 amide bonds. The lowest BCUT2D eigenvalue weighted by atomic mass is 10.0. The average Bonchev–Trinajstić information content (AvgIpc) is 3.12. The van der Waals surface area contributed by atoms with Crippen LogP contribution in [0, 0.1) is 6.92 Å². The normalized spacial score (nSPS) is 11.0. The first-order valence-corrected chi connectivity index (χ1v) is 9.74. The number of nitrogens with zero attached hydrogens (tertiary/aromatic N) is 3. The highest BCUT2D eigenvalue weighted by atomic mass is 32.1. The van der Waals surface area contributed by atoms with Crippen LogP contribution in [-0.2, 0) is 13.0 Å². The molecule has 1 N–H and O–H groups in total. The molecule has 0 aliphatic heterocycles. The Kier molecular flexibility index (Phi) is 4.73. The van der Waals surface area contributed by atoms with Gasteiger partial charge in [-0.25, -0.2) is 4.98 Å². The van der Waals surface area contributed by atoms with Crippen molar-refractivity contribution in [2.24, 2.45) is 0 Å². The zero-order chi connectivity index (χ0) is 18.8. The summed E-state index contributed by atoms with van der Waals surface area (Å²) in [5.41, 5.74) is 5.16. The van der Waals surface area contributed by atoms with Gasteiger partial charge in [0.25, 0.3) is 5.56 Å². The number of benzene rings is 2. The van der Waals surface area contributed by atoms with Crippen LogP contribution in [0.3, 0.4) is 0 Å². The number of rotatable bonds is 5. The van der Waals surface area contributed by atoms with Crippen LogP contribution in [0.25, 0.3) is 16.1 Å². The van der Waals surface area contributed by atoms with Crippen molar-refractivity contribution in [3.63, 3.8) is 0 Å². The average molecular weight is 376 g/mol. The van der Waals surface area contributed by atoms with Crippen molar-refractivity contribution < 1.29 is 0 Å². The molecule has 136 valence electrons. The van der Waals surface area contributed by atoms with E-state index in [1.165, 1.54) is 27.0 Å². The largest absolute Gasteiger partial charge is 0.379 e. The fourth-order valence-corrected chi connectivity index (χ4v) is 3.84. The summed E-state index contributed by atoms with van der Waals surface area (Å²) in [6.07, 6.45) is 0.800. The molecule has 0 fully saturated rings. The lowest BCUT2D eigenvalue weighted by molar-refractivity contribution is 0.846. The van der Waals surface area contributed by atoms with Crippen LogP contribution >= 0.6 is 11.3 Å². The van der Waals surface area contributed by atoms with Gasteiger partial charge in [0.05, 0.1) is 12.2 Å². The third-order valence-electron chi connectivity index (χ3n) is 4.44. The minimum atomic E-state index is -0.135. The highest BCUT2D eigenvalue weighted by Crippen LogP contribution is 2.25. The molecule has 0 aliphatic carbocycles. The van der Waals surface area contributed by atoms with Gasteiger partial charge in [-0.2, -0.15) is 9.61 Å². The van der Waals surface area contributed by atoms with Gasteiger partial charge in [0, 0.05) is 11.8 Å². The standard InChI is InChI=1S/C21H20N4OS/c1-3-19-24-25-20(26)12-17(23-21(25)27-19)13-22-18-10-9-16(11-14(18)2)15-7-5-4-6-8-15/h4-12,22H,3,13H2,1-2H3. The van der Waals surface area contributed by atoms with E-state index in [0.717, 1.165) is 28.4 Å². The van der Waals surface area contributed by atoms with Crippen LogP contribution in [0.5, 0.6) is 0 Å². The molecule has 4 aromatic rings. The van der Waals surface area contributed by atoms with Gasteiger partial charge in [-0.05, 0) is 42.2 Å². The maximum Gasteiger partial charge on any atom is 0.275 e. The second-order valence-corrected chi connectivity index (χ2v) is 7.42. The predicted molar refractivity (Wildman–Crippen MR) is 110 cm³/mol. The quantitative estimate of drug-likeness (QED) is 0.564. The molecule has 5 nitrogen and oxygen atoms in total. The molecule has 0 saturated heterocycles. The van der Waals surface area contributed by atoms with Gasteiger partial charge in [0.15, 0.2) is 0 Å². The molecular formula is C21H20N4OS. The molecule has 6 heteroatoms. The van der Waals surface area contributed by atoms with Crippen molar-refractivity contribution in [3.8, 4) is 11.1 Å². The molecule has 2 aromatic carbocycles. The highest BCUT2D eigenvalue weighted by molar-refractivity contribution is 7.16. The lowest BCUT2D eigenvalue weighted by Gasteiger charge is -2.11. The highest BCUT2D eigenvalue weighted by Gasteiger charge is 2.09. The number of fused-ring (bicyclic) bond motifs is 1. The molecule has 0 aliphatic rings. The molecule has 0 saturated carbocycles. The van der Waals surface area contributed by atoms with Gasteiger partial charge in [-0.1, -0.05) is 54.7 Å². The van der Waals surface area contributed by atoms with E-state index in [1.54, 1.807) is 6.07 Å². The Morgan fingerprint density at radius 1 is 1.07 bits per heavy atom. The number of aromatic nitrogens is 3. The first-order chi connectivity index (χ1) is 13.1. The molecule has 0 spiro atoms. The summed E-state index contributed by atoms with van der Waals surface area (Å²) in [5, 5.41) is 8.59. The van der Waals surface area contributed by atoms with E-state index in [1.807, 2.05) is 25.1 Å². The van der Waals surface area contributed by atoms with Crippen molar-refractivity contribution in [1.29, 1.82) is 0 Å². The number of hydrogen-bond acceptors (Lipinski definition) is 5. The molecule has 4 rings (SSSR count). The first kappa shape index (κ1) is 17.4. The van der Waals surface area contributed by atoms with E-state index in [9.17, 15) is 4.79 Å². The van der Waals surface area contributed by atoms with Crippen molar-refractivity contribution in [2.75, 3.05) is 5.32 Å². The number of aryl methyl sites for hydroxylation is 2. The molecule has 0 unspecified atom stereocenters. The summed E-state index contributed by atoms with van der Waals surface area (Å²) >= 11 is 1.46. The van der Waals surface area contributed by atoms with E-state index in [-0.39, 0.29) is 5.56 Å². The third-order valence-corrected chi connectivity index (χ3v) is 5.49. The van der Waals surface area contributed by atoms with Gasteiger partial charge in [0.1, 0.15) is 5.01 Å². The van der Waals surface area contributed by atoms with Crippen LogP contribution in [0.2, 0.25) is 0 Å². The zero-order valence-electron chi connectivity index (χ0n) is 15.3. The molecule has 2 aromatic heterocycles. The number of nitrogens with one attached hydrogen (secondary N) is 1. The van der Waals surface area contributed by atoms with Gasteiger partial charge in [-0.3, -0.25) is 4.79 Å². The van der Waals surface area contributed by atoms with Crippen LogP contribution in [0.1, 0.15) is 23.2 Å². The number of anilines is 1. The Morgan fingerprint density at radius 2 is 1.89 bits per heavy atom. The third kappa shape index (κ3) is 3.61. The number of hydrogen-bond donors (Lipinski definition) is 1. The topological polar surface area (TPSA) is 59.3 Å². The minimum Gasteiger partial charge on any atom is -0.379 e. The fraction of sp³-hybridized carbons (Fsp3) is 0.190. The minimum absolute atomic E-state index is 0.135. The second kappa shape index (κ2) is 7.32. The Hall–Kier alpha value is -2.99. The van der Waals surface area contributed by atoms with Gasteiger partial charge >= 0.3 is 0 Å². The fourth-order valence-electron chi connectivity index (χ4n) is 2.99. The van der Waals surface area contributed by atoms with Crippen molar-refractivity contribution >= 4 is 22.0 Å². The summed E-state index contributed by atoms with van der Waals surface area (Å²) in [5.74, 6) is 0.